The van der Waals surface area contributed by atoms with Crippen molar-refractivity contribution in [3.8, 4) is 0 Å². The van der Waals surface area contributed by atoms with Gasteiger partial charge in [-0.1, -0.05) is 31.2 Å². The van der Waals surface area contributed by atoms with Gasteiger partial charge in [0.1, 0.15) is 6.04 Å². The molecule has 0 radical (unpaired) electrons. The van der Waals surface area contributed by atoms with E-state index in [0.717, 1.165) is 19.4 Å². The number of esters is 1. The van der Waals surface area contributed by atoms with Crippen molar-refractivity contribution in [3.05, 3.63) is 35.4 Å². The second-order valence-electron chi connectivity index (χ2n) is 5.11. The predicted molar refractivity (Wildman–Crippen MR) is 79.4 cm³/mol. The molecule has 0 amide bonds. The molecule has 4 heteroatoms. The largest absolute Gasteiger partial charge is 0.465 e. The number of rotatable bonds is 5. The van der Waals surface area contributed by atoms with Gasteiger partial charge in [-0.2, -0.15) is 0 Å². The van der Waals surface area contributed by atoms with E-state index < -0.39 is 0 Å². The topological polar surface area (TPSA) is 55.6 Å². The second kappa shape index (κ2) is 6.86. The number of carbonyl (C=O) groups excluding carboxylic acids is 1. The van der Waals surface area contributed by atoms with Gasteiger partial charge in [0.15, 0.2) is 0 Å². The van der Waals surface area contributed by atoms with E-state index in [1.807, 2.05) is 19.9 Å². The van der Waals surface area contributed by atoms with Gasteiger partial charge >= 0.3 is 5.97 Å². The summed E-state index contributed by atoms with van der Waals surface area (Å²) in [6.45, 7) is 5.67. The minimum absolute atomic E-state index is 0.106. The third kappa shape index (κ3) is 2.86. The molecule has 0 bridgehead atoms. The van der Waals surface area contributed by atoms with Crippen LogP contribution in [0.25, 0.3) is 0 Å². The Balaban J connectivity index is 2.26. The van der Waals surface area contributed by atoms with E-state index >= 15 is 0 Å². The number of ether oxygens (including phenoxy) is 1. The molecule has 1 aromatic carbocycles. The third-order valence-corrected chi connectivity index (χ3v) is 4.02. The summed E-state index contributed by atoms with van der Waals surface area (Å²) >= 11 is 0. The molecule has 20 heavy (non-hydrogen) atoms. The van der Waals surface area contributed by atoms with Crippen molar-refractivity contribution in [1.82, 2.24) is 4.90 Å². The third-order valence-electron chi connectivity index (χ3n) is 4.02. The number of benzene rings is 1. The van der Waals surface area contributed by atoms with Crippen molar-refractivity contribution in [1.29, 1.82) is 0 Å². The fourth-order valence-corrected chi connectivity index (χ4v) is 3.08. The molecule has 0 aliphatic carbocycles. The van der Waals surface area contributed by atoms with Gasteiger partial charge in [0, 0.05) is 19.1 Å². The summed E-state index contributed by atoms with van der Waals surface area (Å²) in [5.74, 6) is -0.132. The highest BCUT2D eigenvalue weighted by atomic mass is 16.5. The van der Waals surface area contributed by atoms with Crippen LogP contribution in [-0.2, 0) is 16.0 Å². The van der Waals surface area contributed by atoms with Crippen molar-refractivity contribution in [2.75, 3.05) is 19.7 Å². The number of hydrogen-bond acceptors (Lipinski definition) is 4. The molecule has 1 aliphatic heterocycles. The lowest BCUT2D eigenvalue weighted by Crippen LogP contribution is -2.49. The number of hydrogen-bond donors (Lipinski definition) is 1. The number of carbonyl (C=O) groups is 1. The van der Waals surface area contributed by atoms with Crippen molar-refractivity contribution in [3.63, 3.8) is 0 Å². The Hall–Kier alpha value is -1.39. The average Bonchev–Trinajstić information content (AvgIpc) is 2.48. The maximum Gasteiger partial charge on any atom is 0.323 e. The van der Waals surface area contributed by atoms with E-state index in [1.54, 1.807) is 0 Å². The molecule has 0 spiro atoms. The van der Waals surface area contributed by atoms with Gasteiger partial charge in [0.25, 0.3) is 0 Å². The van der Waals surface area contributed by atoms with Crippen molar-refractivity contribution >= 4 is 5.97 Å². The number of nitrogens with zero attached hydrogens (tertiary/aromatic N) is 1. The van der Waals surface area contributed by atoms with E-state index in [9.17, 15) is 4.79 Å². The van der Waals surface area contributed by atoms with Crippen molar-refractivity contribution in [2.24, 2.45) is 5.73 Å². The lowest BCUT2D eigenvalue weighted by molar-refractivity contribution is -0.151. The van der Waals surface area contributed by atoms with Crippen molar-refractivity contribution < 1.29 is 9.53 Å². The van der Waals surface area contributed by atoms with Gasteiger partial charge in [0.05, 0.1) is 6.61 Å². The summed E-state index contributed by atoms with van der Waals surface area (Å²) in [5.41, 5.74) is 8.58. The van der Waals surface area contributed by atoms with Crippen LogP contribution >= 0.6 is 0 Å². The van der Waals surface area contributed by atoms with Gasteiger partial charge < -0.3 is 10.5 Å². The standard InChI is InChI=1S/C16H24N2O2/c1-3-14(16(19)20-4-2)18-10-9-12-7-5-6-8-13(12)15(18)11-17/h5-8,14-15H,3-4,9-11,17H2,1-2H3. The molecule has 2 unspecified atom stereocenters. The molecule has 0 saturated carbocycles. The fraction of sp³-hybridized carbons (Fsp3) is 0.562. The average molecular weight is 276 g/mol. The zero-order valence-electron chi connectivity index (χ0n) is 12.3. The Bertz CT molecular complexity index is 462. The molecule has 4 nitrogen and oxygen atoms in total. The van der Waals surface area contributed by atoms with Crippen LogP contribution in [0.5, 0.6) is 0 Å². The molecular weight excluding hydrogens is 252 g/mol. The summed E-state index contributed by atoms with van der Waals surface area (Å²) in [4.78, 5) is 14.4. The Morgan fingerprint density at radius 1 is 1.45 bits per heavy atom. The summed E-state index contributed by atoms with van der Waals surface area (Å²) < 4.78 is 5.21. The summed E-state index contributed by atoms with van der Waals surface area (Å²) in [7, 11) is 0. The predicted octanol–water partition coefficient (Wildman–Crippen LogP) is 1.89. The number of fused-ring (bicyclic) bond motifs is 1. The highest BCUT2D eigenvalue weighted by Crippen LogP contribution is 2.31. The first-order chi connectivity index (χ1) is 9.72. The molecule has 0 aromatic heterocycles. The van der Waals surface area contributed by atoms with Crippen LogP contribution in [0.3, 0.4) is 0 Å². The highest BCUT2D eigenvalue weighted by Gasteiger charge is 2.34. The van der Waals surface area contributed by atoms with Crippen LogP contribution < -0.4 is 5.73 Å². The maximum absolute atomic E-state index is 12.1. The Morgan fingerprint density at radius 3 is 2.85 bits per heavy atom. The van der Waals surface area contributed by atoms with E-state index in [4.69, 9.17) is 10.5 Å². The smallest absolute Gasteiger partial charge is 0.323 e. The Kier molecular flexibility index (Phi) is 5.15. The van der Waals surface area contributed by atoms with Crippen LogP contribution in [0.2, 0.25) is 0 Å². The van der Waals surface area contributed by atoms with E-state index in [1.165, 1.54) is 11.1 Å². The molecule has 0 fully saturated rings. The molecule has 1 aliphatic rings. The Morgan fingerprint density at radius 2 is 2.20 bits per heavy atom. The molecular formula is C16H24N2O2. The maximum atomic E-state index is 12.1. The first-order valence-corrected chi connectivity index (χ1v) is 7.43. The van der Waals surface area contributed by atoms with E-state index in [0.29, 0.717) is 13.2 Å². The minimum atomic E-state index is -0.197. The van der Waals surface area contributed by atoms with Crippen molar-refractivity contribution in [2.45, 2.75) is 38.8 Å². The zero-order valence-corrected chi connectivity index (χ0v) is 12.3. The van der Waals surface area contributed by atoms with E-state index in [-0.39, 0.29) is 18.1 Å². The normalized spacial score (nSPS) is 20.2. The van der Waals surface area contributed by atoms with Gasteiger partial charge in [-0.05, 0) is 30.9 Å². The van der Waals surface area contributed by atoms with E-state index in [2.05, 4.69) is 23.1 Å². The van der Waals surface area contributed by atoms with Crippen LogP contribution in [0.4, 0.5) is 0 Å². The molecule has 2 N–H and O–H groups in total. The Labute approximate surface area is 120 Å². The quantitative estimate of drug-likeness (QED) is 0.834. The van der Waals surface area contributed by atoms with Gasteiger partial charge in [-0.15, -0.1) is 0 Å². The van der Waals surface area contributed by atoms with Crippen LogP contribution in [0.15, 0.2) is 24.3 Å². The van der Waals surface area contributed by atoms with Crippen LogP contribution in [-0.4, -0.2) is 36.6 Å². The summed E-state index contributed by atoms with van der Waals surface area (Å²) in [6.07, 6.45) is 1.71. The second-order valence-corrected chi connectivity index (χ2v) is 5.11. The highest BCUT2D eigenvalue weighted by molar-refractivity contribution is 5.75. The first-order valence-electron chi connectivity index (χ1n) is 7.43. The summed E-state index contributed by atoms with van der Waals surface area (Å²) in [6, 6.07) is 8.28. The molecule has 1 aromatic rings. The van der Waals surface area contributed by atoms with Crippen LogP contribution in [0.1, 0.15) is 37.4 Å². The minimum Gasteiger partial charge on any atom is -0.465 e. The van der Waals surface area contributed by atoms with Gasteiger partial charge in [-0.25, -0.2) is 0 Å². The molecule has 0 saturated heterocycles. The van der Waals surface area contributed by atoms with Gasteiger partial charge in [-0.3, -0.25) is 9.69 Å². The first kappa shape index (κ1) is 15.0. The molecule has 2 atom stereocenters. The van der Waals surface area contributed by atoms with Gasteiger partial charge in [0.2, 0.25) is 0 Å². The molecule has 110 valence electrons. The fourth-order valence-electron chi connectivity index (χ4n) is 3.08. The monoisotopic (exact) mass is 276 g/mol. The zero-order chi connectivity index (χ0) is 14.5. The molecule has 1 heterocycles. The lowest BCUT2D eigenvalue weighted by Gasteiger charge is -2.40. The number of nitrogens with two attached hydrogens (primary N) is 1. The molecule has 2 rings (SSSR count). The lowest BCUT2D eigenvalue weighted by atomic mass is 9.91. The SMILES string of the molecule is CCOC(=O)C(CC)N1CCc2ccccc2C1CN. The van der Waals surface area contributed by atoms with Crippen LogP contribution in [0, 0.1) is 0 Å². The summed E-state index contributed by atoms with van der Waals surface area (Å²) in [5, 5.41) is 0.